The minimum Gasteiger partial charge on any atom is -0.463 e. The third-order valence-electron chi connectivity index (χ3n) is 5.65. The number of esters is 3. The number of carbonyl (C=O) groups excluding carboxylic acids is 4. The summed E-state index contributed by atoms with van der Waals surface area (Å²) in [7, 11) is 1.43. The highest BCUT2D eigenvalue weighted by Gasteiger charge is 2.42. The molecule has 2 heterocycles. The molecule has 1 aliphatic heterocycles. The first-order valence-corrected chi connectivity index (χ1v) is 11.2. The van der Waals surface area contributed by atoms with E-state index in [1.165, 1.54) is 20.2 Å². The van der Waals surface area contributed by atoms with E-state index in [1.54, 1.807) is 13.8 Å². The SMILES string of the molecule is CC(C)C(=O)O[C@H]1[C@H](C)OC(=O)[C@@H](NC(=O)c2c[nH]n(C)c2=O)COC(=O)[C@@H]1Cc1ccccc1. The lowest BCUT2D eigenvalue weighted by Crippen LogP contribution is -2.47. The lowest BCUT2D eigenvalue weighted by atomic mass is 9.91. The Kier molecular flexibility index (Phi) is 8.10. The van der Waals surface area contributed by atoms with Crippen molar-refractivity contribution < 1.29 is 33.4 Å². The molecule has 1 amide bonds. The fraction of sp³-hybridized carbons (Fsp3) is 0.458. The molecule has 3 rings (SSSR count). The fourth-order valence-electron chi connectivity index (χ4n) is 3.61. The molecule has 0 aliphatic carbocycles. The van der Waals surface area contributed by atoms with Crippen LogP contribution in [0.5, 0.6) is 0 Å². The van der Waals surface area contributed by atoms with Crippen molar-refractivity contribution in [3.8, 4) is 0 Å². The number of nitrogens with zero attached hydrogens (tertiary/aromatic N) is 1. The van der Waals surface area contributed by atoms with Crippen LogP contribution in [0.25, 0.3) is 0 Å². The Bertz CT molecular complexity index is 1140. The first-order valence-electron chi connectivity index (χ1n) is 11.2. The number of hydrogen-bond donors (Lipinski definition) is 2. The Labute approximate surface area is 201 Å². The minimum atomic E-state index is -1.37. The number of hydrogen-bond acceptors (Lipinski definition) is 8. The van der Waals surface area contributed by atoms with Crippen LogP contribution < -0.4 is 10.9 Å². The Morgan fingerprint density at radius 2 is 1.86 bits per heavy atom. The Balaban J connectivity index is 1.87. The largest absolute Gasteiger partial charge is 0.463 e. The quantitative estimate of drug-likeness (QED) is 0.448. The monoisotopic (exact) mass is 487 g/mol. The summed E-state index contributed by atoms with van der Waals surface area (Å²) in [6, 6.07) is 7.72. The highest BCUT2D eigenvalue weighted by molar-refractivity contribution is 5.96. The summed E-state index contributed by atoms with van der Waals surface area (Å²) in [5.74, 6) is -4.44. The van der Waals surface area contributed by atoms with Crippen molar-refractivity contribution in [2.45, 2.75) is 45.4 Å². The normalized spacial score (nSPS) is 22.9. The molecule has 1 aliphatic rings. The van der Waals surface area contributed by atoms with Gasteiger partial charge in [-0.15, -0.1) is 0 Å². The van der Waals surface area contributed by atoms with Crippen molar-refractivity contribution in [2.24, 2.45) is 18.9 Å². The number of aryl methyl sites for hydroxylation is 1. The molecule has 4 atom stereocenters. The van der Waals surface area contributed by atoms with Crippen LogP contribution in [-0.2, 0) is 42.1 Å². The summed E-state index contributed by atoms with van der Waals surface area (Å²) >= 11 is 0. The zero-order valence-corrected chi connectivity index (χ0v) is 20.0. The van der Waals surface area contributed by atoms with Gasteiger partial charge in [-0.3, -0.25) is 23.9 Å². The zero-order chi connectivity index (χ0) is 25.7. The zero-order valence-electron chi connectivity index (χ0n) is 20.0. The predicted molar refractivity (Wildman–Crippen MR) is 122 cm³/mol. The van der Waals surface area contributed by atoms with Crippen molar-refractivity contribution in [2.75, 3.05) is 6.61 Å². The van der Waals surface area contributed by atoms with E-state index in [0.29, 0.717) is 0 Å². The summed E-state index contributed by atoms with van der Waals surface area (Å²) < 4.78 is 17.6. The van der Waals surface area contributed by atoms with Crippen molar-refractivity contribution in [1.82, 2.24) is 15.1 Å². The summed E-state index contributed by atoms with van der Waals surface area (Å²) in [5, 5.41) is 4.95. The second-order valence-electron chi connectivity index (χ2n) is 8.70. The van der Waals surface area contributed by atoms with Gasteiger partial charge in [-0.1, -0.05) is 44.2 Å². The van der Waals surface area contributed by atoms with Crippen LogP contribution >= 0.6 is 0 Å². The Morgan fingerprint density at radius 3 is 2.46 bits per heavy atom. The molecule has 0 unspecified atom stereocenters. The number of ether oxygens (including phenoxy) is 3. The number of aromatic nitrogens is 2. The maximum atomic E-state index is 13.1. The second-order valence-corrected chi connectivity index (χ2v) is 8.70. The van der Waals surface area contributed by atoms with E-state index in [-0.39, 0.29) is 12.0 Å². The number of amides is 1. The molecule has 0 bridgehead atoms. The van der Waals surface area contributed by atoms with Crippen LogP contribution in [0.2, 0.25) is 0 Å². The van der Waals surface area contributed by atoms with E-state index >= 15 is 0 Å². The van der Waals surface area contributed by atoms with E-state index in [4.69, 9.17) is 14.2 Å². The van der Waals surface area contributed by atoms with Crippen LogP contribution in [-0.4, -0.2) is 58.5 Å². The molecule has 0 radical (unpaired) electrons. The number of aromatic amines is 1. The average molecular weight is 488 g/mol. The number of rotatable bonds is 6. The number of cyclic esters (lactones) is 2. The molecule has 2 N–H and O–H groups in total. The molecule has 188 valence electrons. The molecule has 11 heteroatoms. The molecule has 1 saturated heterocycles. The molecule has 1 aromatic carbocycles. The lowest BCUT2D eigenvalue weighted by Gasteiger charge is -2.29. The van der Waals surface area contributed by atoms with Gasteiger partial charge >= 0.3 is 17.9 Å². The summed E-state index contributed by atoms with van der Waals surface area (Å²) in [6.45, 7) is 4.29. The second kappa shape index (κ2) is 11.0. The molecule has 35 heavy (non-hydrogen) atoms. The predicted octanol–water partition coefficient (Wildman–Crippen LogP) is 0.727. The van der Waals surface area contributed by atoms with E-state index in [0.717, 1.165) is 10.2 Å². The van der Waals surface area contributed by atoms with Crippen LogP contribution in [0.15, 0.2) is 41.3 Å². The molecular formula is C24H29N3O8. The van der Waals surface area contributed by atoms with Crippen molar-refractivity contribution in [3.63, 3.8) is 0 Å². The first kappa shape index (κ1) is 25.7. The molecule has 2 aromatic rings. The molecule has 1 aromatic heterocycles. The van der Waals surface area contributed by atoms with Crippen molar-refractivity contribution >= 4 is 23.8 Å². The van der Waals surface area contributed by atoms with Gasteiger partial charge in [0.1, 0.15) is 24.2 Å². The standard InChI is InChI=1S/C24H29N3O8/c1-13(2)22(30)35-19-14(3)34-24(32)18(26-20(28)17-11-25-27(4)21(17)29)12-33-23(31)16(19)10-15-8-6-5-7-9-15/h5-9,11,13-14,16,18-19,25H,10,12H2,1-4H3,(H,26,28)/t14-,16+,18-,19-/m0/s1. The Hall–Kier alpha value is -3.89. The number of H-pyrrole nitrogens is 1. The van der Waals surface area contributed by atoms with Crippen LogP contribution in [0.4, 0.5) is 0 Å². The maximum Gasteiger partial charge on any atom is 0.332 e. The van der Waals surface area contributed by atoms with Crippen LogP contribution in [0.1, 0.15) is 36.7 Å². The smallest absolute Gasteiger partial charge is 0.332 e. The van der Waals surface area contributed by atoms with Gasteiger partial charge in [-0.05, 0) is 18.9 Å². The lowest BCUT2D eigenvalue weighted by molar-refractivity contribution is -0.176. The van der Waals surface area contributed by atoms with E-state index < -0.39 is 66.1 Å². The molecule has 11 nitrogen and oxygen atoms in total. The van der Waals surface area contributed by atoms with Crippen molar-refractivity contribution in [3.05, 3.63) is 58.0 Å². The molecule has 0 spiro atoms. The average Bonchev–Trinajstić information content (AvgIpc) is 3.17. The van der Waals surface area contributed by atoms with Crippen molar-refractivity contribution in [1.29, 1.82) is 0 Å². The highest BCUT2D eigenvalue weighted by atomic mass is 16.6. The summed E-state index contributed by atoms with van der Waals surface area (Å²) in [5.41, 5.74) is -0.0101. The van der Waals surface area contributed by atoms with Gasteiger partial charge in [0.05, 0.1) is 5.92 Å². The van der Waals surface area contributed by atoms with E-state index in [9.17, 15) is 24.0 Å². The van der Waals surface area contributed by atoms with Gasteiger partial charge in [-0.25, -0.2) is 4.79 Å². The Morgan fingerprint density at radius 1 is 1.17 bits per heavy atom. The summed E-state index contributed by atoms with van der Waals surface area (Å²) in [6.07, 6.45) is -0.768. The van der Waals surface area contributed by atoms with Crippen LogP contribution in [0.3, 0.4) is 0 Å². The van der Waals surface area contributed by atoms with Gasteiger partial charge in [0.25, 0.3) is 11.5 Å². The number of nitrogens with one attached hydrogen (secondary N) is 2. The van der Waals surface area contributed by atoms with Gasteiger partial charge in [-0.2, -0.15) is 0 Å². The maximum absolute atomic E-state index is 13.1. The highest BCUT2D eigenvalue weighted by Crippen LogP contribution is 2.24. The fourth-order valence-corrected chi connectivity index (χ4v) is 3.61. The molecular weight excluding hydrogens is 458 g/mol. The van der Waals surface area contributed by atoms with Gasteiger partial charge in [0, 0.05) is 13.2 Å². The topological polar surface area (TPSA) is 146 Å². The van der Waals surface area contributed by atoms with Gasteiger partial charge in [0.15, 0.2) is 12.1 Å². The third kappa shape index (κ3) is 6.17. The minimum absolute atomic E-state index is 0.175. The van der Waals surface area contributed by atoms with Gasteiger partial charge < -0.3 is 24.6 Å². The summed E-state index contributed by atoms with van der Waals surface area (Å²) in [4.78, 5) is 63.1. The van der Waals surface area contributed by atoms with Crippen LogP contribution in [0, 0.1) is 11.8 Å². The van der Waals surface area contributed by atoms with Gasteiger partial charge in [0.2, 0.25) is 0 Å². The molecule has 1 fully saturated rings. The number of carbonyl (C=O) groups is 4. The number of benzene rings is 1. The van der Waals surface area contributed by atoms with E-state index in [1.807, 2.05) is 30.3 Å². The third-order valence-corrected chi connectivity index (χ3v) is 5.65. The molecule has 0 saturated carbocycles. The first-order chi connectivity index (χ1) is 16.6. The van der Waals surface area contributed by atoms with E-state index in [2.05, 4.69) is 10.4 Å².